The molecule has 1 aromatic heterocycles. The highest BCUT2D eigenvalue weighted by molar-refractivity contribution is 5.79. The number of likely N-dealkylation sites (tertiary alicyclic amines) is 1. The van der Waals surface area contributed by atoms with Gasteiger partial charge in [-0.15, -0.1) is 0 Å². The lowest BCUT2D eigenvalue weighted by Gasteiger charge is -2.40. The van der Waals surface area contributed by atoms with Crippen LogP contribution < -0.4 is 5.32 Å². The second-order valence-electron chi connectivity index (χ2n) is 6.96. The van der Waals surface area contributed by atoms with E-state index in [1.807, 2.05) is 25.1 Å². The Hall–Kier alpha value is -2.11. The third-order valence-electron chi connectivity index (χ3n) is 5.03. The molecule has 1 aromatic carbocycles. The predicted molar refractivity (Wildman–Crippen MR) is 101 cm³/mol. The molecule has 1 amide bonds. The number of furan rings is 1. The second kappa shape index (κ2) is 9.01. The van der Waals surface area contributed by atoms with Crippen molar-refractivity contribution in [2.45, 2.75) is 38.9 Å². The number of benzene rings is 1. The van der Waals surface area contributed by atoms with Crippen LogP contribution in [0.2, 0.25) is 0 Å². The number of nitrogens with one attached hydrogen (secondary N) is 1. The van der Waals surface area contributed by atoms with Gasteiger partial charge in [0.25, 0.3) is 0 Å². The number of carbonyl (C=O) groups is 1. The number of methoxy groups -OCH3 is 1. The number of nitrogens with zero attached hydrogens (tertiary/aromatic N) is 1. The summed E-state index contributed by atoms with van der Waals surface area (Å²) in [6.07, 6.45) is 1.91. The van der Waals surface area contributed by atoms with Gasteiger partial charge in [-0.05, 0) is 44.0 Å². The van der Waals surface area contributed by atoms with Crippen LogP contribution in [0.5, 0.6) is 0 Å². The lowest BCUT2D eigenvalue weighted by Crippen LogP contribution is -2.52. The van der Waals surface area contributed by atoms with Gasteiger partial charge in [0, 0.05) is 19.7 Å². The molecule has 1 aliphatic rings. The Balaban J connectivity index is 1.65. The monoisotopic (exact) mass is 356 g/mol. The van der Waals surface area contributed by atoms with E-state index in [0.717, 1.165) is 37.5 Å². The Bertz CT molecular complexity index is 698. The van der Waals surface area contributed by atoms with Gasteiger partial charge < -0.3 is 14.5 Å². The second-order valence-corrected chi connectivity index (χ2v) is 6.96. The Morgan fingerprint density at radius 3 is 2.77 bits per heavy atom. The highest BCUT2D eigenvalue weighted by Crippen LogP contribution is 2.26. The molecular weight excluding hydrogens is 328 g/mol. The van der Waals surface area contributed by atoms with Crippen LogP contribution in [0.1, 0.15) is 29.9 Å². The fourth-order valence-corrected chi connectivity index (χ4v) is 3.72. The molecule has 0 unspecified atom stereocenters. The van der Waals surface area contributed by atoms with Crippen molar-refractivity contribution in [2.75, 3.05) is 20.3 Å². The van der Waals surface area contributed by atoms with Crippen LogP contribution >= 0.6 is 0 Å². The Kier molecular flexibility index (Phi) is 6.47. The highest BCUT2D eigenvalue weighted by Gasteiger charge is 2.35. The van der Waals surface area contributed by atoms with E-state index in [-0.39, 0.29) is 17.9 Å². The minimum atomic E-state index is -0.0662. The largest absolute Gasteiger partial charge is 0.465 e. The van der Waals surface area contributed by atoms with Gasteiger partial charge in [-0.25, -0.2) is 0 Å². The minimum absolute atomic E-state index is 0.0662. The molecule has 26 heavy (non-hydrogen) atoms. The molecule has 5 heteroatoms. The maximum atomic E-state index is 12.8. The molecule has 2 heterocycles. The maximum absolute atomic E-state index is 12.8. The molecule has 2 atom stereocenters. The van der Waals surface area contributed by atoms with Crippen LogP contribution in [-0.4, -0.2) is 37.1 Å². The molecule has 1 N–H and O–H groups in total. The zero-order chi connectivity index (χ0) is 18.4. The standard InChI is InChI=1S/C21H28N2O3/c1-16-10-11-18(26-16)13-22-21(24)19-9-6-12-23(20(19)15-25-2)14-17-7-4-3-5-8-17/h3-5,7-8,10-11,19-20H,6,9,12-15H2,1-2H3,(H,22,24)/t19-,20-/m1/s1. The smallest absolute Gasteiger partial charge is 0.225 e. The number of hydrogen-bond acceptors (Lipinski definition) is 4. The van der Waals surface area contributed by atoms with Gasteiger partial charge in [0.1, 0.15) is 11.5 Å². The lowest BCUT2D eigenvalue weighted by atomic mass is 9.88. The van der Waals surface area contributed by atoms with Crippen LogP contribution in [-0.2, 0) is 22.6 Å². The van der Waals surface area contributed by atoms with Crippen molar-refractivity contribution >= 4 is 5.91 Å². The van der Waals surface area contributed by atoms with E-state index in [2.05, 4.69) is 34.5 Å². The average Bonchev–Trinajstić information content (AvgIpc) is 3.07. The van der Waals surface area contributed by atoms with Crippen molar-refractivity contribution in [3.05, 3.63) is 59.5 Å². The van der Waals surface area contributed by atoms with E-state index in [0.29, 0.717) is 13.2 Å². The third kappa shape index (κ3) is 4.74. The van der Waals surface area contributed by atoms with Crippen molar-refractivity contribution < 1.29 is 13.9 Å². The minimum Gasteiger partial charge on any atom is -0.465 e. The molecule has 0 radical (unpaired) electrons. The molecule has 0 aliphatic carbocycles. The molecule has 5 nitrogen and oxygen atoms in total. The summed E-state index contributed by atoms with van der Waals surface area (Å²) in [6.45, 7) is 4.73. The van der Waals surface area contributed by atoms with Crippen molar-refractivity contribution in [1.82, 2.24) is 10.2 Å². The van der Waals surface area contributed by atoms with Crippen molar-refractivity contribution in [1.29, 1.82) is 0 Å². The third-order valence-corrected chi connectivity index (χ3v) is 5.03. The maximum Gasteiger partial charge on any atom is 0.225 e. The van der Waals surface area contributed by atoms with Crippen LogP contribution in [0, 0.1) is 12.8 Å². The van der Waals surface area contributed by atoms with Gasteiger partial charge in [-0.3, -0.25) is 9.69 Å². The summed E-state index contributed by atoms with van der Waals surface area (Å²) < 4.78 is 11.0. The Morgan fingerprint density at radius 1 is 1.27 bits per heavy atom. The van der Waals surface area contributed by atoms with Crippen LogP contribution in [0.3, 0.4) is 0 Å². The summed E-state index contributed by atoms with van der Waals surface area (Å²) in [5.41, 5.74) is 1.26. The van der Waals surface area contributed by atoms with Gasteiger partial charge in [0.2, 0.25) is 5.91 Å². The fraction of sp³-hybridized carbons (Fsp3) is 0.476. The first-order valence-corrected chi connectivity index (χ1v) is 9.27. The number of aryl methyl sites for hydroxylation is 1. The molecule has 2 aromatic rings. The summed E-state index contributed by atoms with van der Waals surface area (Å²) in [6, 6.07) is 14.3. The van der Waals surface area contributed by atoms with Gasteiger partial charge in [-0.1, -0.05) is 30.3 Å². The van der Waals surface area contributed by atoms with Crippen LogP contribution in [0.15, 0.2) is 46.9 Å². The number of hydrogen-bond donors (Lipinski definition) is 1. The first-order valence-electron chi connectivity index (χ1n) is 9.27. The summed E-state index contributed by atoms with van der Waals surface area (Å²) in [4.78, 5) is 15.2. The van der Waals surface area contributed by atoms with Gasteiger partial charge >= 0.3 is 0 Å². The molecule has 1 fully saturated rings. The number of ether oxygens (including phenoxy) is 1. The molecule has 1 aliphatic heterocycles. The van der Waals surface area contributed by atoms with E-state index in [9.17, 15) is 4.79 Å². The van der Waals surface area contributed by atoms with Gasteiger partial charge in [0.15, 0.2) is 0 Å². The zero-order valence-corrected chi connectivity index (χ0v) is 15.6. The van der Waals surface area contributed by atoms with Crippen LogP contribution in [0.4, 0.5) is 0 Å². The molecule has 1 saturated heterocycles. The predicted octanol–water partition coefficient (Wildman–Crippen LogP) is 3.13. The average molecular weight is 356 g/mol. The summed E-state index contributed by atoms with van der Waals surface area (Å²) in [5.74, 6) is 1.66. The van der Waals surface area contributed by atoms with Gasteiger partial charge in [0.05, 0.1) is 19.1 Å². The number of amides is 1. The molecule has 3 rings (SSSR count). The van der Waals surface area contributed by atoms with E-state index >= 15 is 0 Å². The summed E-state index contributed by atoms with van der Waals surface area (Å²) in [7, 11) is 1.70. The van der Waals surface area contributed by atoms with Gasteiger partial charge in [-0.2, -0.15) is 0 Å². The summed E-state index contributed by atoms with van der Waals surface area (Å²) in [5, 5.41) is 3.04. The normalized spacial score (nSPS) is 20.8. The molecular formula is C21H28N2O3. The zero-order valence-electron chi connectivity index (χ0n) is 15.6. The SMILES string of the molecule is COC[C@@H]1[C@H](C(=O)NCc2ccc(C)o2)CCCN1Cc1ccccc1. The van der Waals surface area contributed by atoms with Crippen molar-refractivity contribution in [3.63, 3.8) is 0 Å². The number of rotatable bonds is 7. The van der Waals surface area contributed by atoms with E-state index in [4.69, 9.17) is 9.15 Å². The quantitative estimate of drug-likeness (QED) is 0.828. The van der Waals surface area contributed by atoms with Crippen molar-refractivity contribution in [2.24, 2.45) is 5.92 Å². The van der Waals surface area contributed by atoms with Crippen molar-refractivity contribution in [3.8, 4) is 0 Å². The number of piperidine rings is 1. The van der Waals surface area contributed by atoms with E-state index in [1.165, 1.54) is 5.56 Å². The first kappa shape index (κ1) is 18.7. The highest BCUT2D eigenvalue weighted by atomic mass is 16.5. The van der Waals surface area contributed by atoms with E-state index in [1.54, 1.807) is 7.11 Å². The molecule has 0 saturated carbocycles. The Labute approximate surface area is 155 Å². The number of carbonyl (C=O) groups excluding carboxylic acids is 1. The van der Waals surface area contributed by atoms with E-state index < -0.39 is 0 Å². The lowest BCUT2D eigenvalue weighted by molar-refractivity contribution is -0.130. The summed E-state index contributed by atoms with van der Waals surface area (Å²) >= 11 is 0. The topological polar surface area (TPSA) is 54.7 Å². The fourth-order valence-electron chi connectivity index (χ4n) is 3.72. The molecule has 0 bridgehead atoms. The molecule has 140 valence electrons. The van der Waals surface area contributed by atoms with Crippen LogP contribution in [0.25, 0.3) is 0 Å². The first-order chi connectivity index (χ1) is 12.7. The molecule has 0 spiro atoms. The Morgan fingerprint density at radius 2 is 2.08 bits per heavy atom.